The Balaban J connectivity index is 1.24. The molecule has 1 aliphatic heterocycles. The van der Waals surface area contributed by atoms with Gasteiger partial charge in [0.05, 0.1) is 19.3 Å². The summed E-state index contributed by atoms with van der Waals surface area (Å²) in [4.78, 5) is 36.4. The number of aromatic nitrogens is 2. The molecule has 4 rings (SSSR count). The highest BCUT2D eigenvalue weighted by Crippen LogP contribution is 2.24. The average molecular weight is 537 g/mol. The normalized spacial score (nSPS) is 15.8. The quantitative estimate of drug-likeness (QED) is 0.305. The van der Waals surface area contributed by atoms with E-state index in [1.54, 1.807) is 29.7 Å². The molecule has 2 aromatic heterocycles. The number of rotatable bonds is 11. The Labute approximate surface area is 227 Å². The van der Waals surface area contributed by atoms with Gasteiger partial charge in [-0.1, -0.05) is 27.4 Å². The van der Waals surface area contributed by atoms with Gasteiger partial charge in [0.2, 0.25) is 5.89 Å². The number of ketones is 1. The van der Waals surface area contributed by atoms with E-state index in [9.17, 15) is 9.59 Å². The Morgan fingerprint density at radius 3 is 2.68 bits per heavy atom. The second kappa shape index (κ2) is 12.4. The molecule has 1 fully saturated rings. The summed E-state index contributed by atoms with van der Waals surface area (Å²) in [7, 11) is 0. The molecule has 3 aromatic rings. The number of piperidine rings is 1. The minimum Gasteiger partial charge on any atom is -0.444 e. The number of oxazole rings is 1. The predicted molar refractivity (Wildman–Crippen MR) is 151 cm³/mol. The summed E-state index contributed by atoms with van der Waals surface area (Å²) in [5.74, 6) is 1.49. The van der Waals surface area contributed by atoms with Gasteiger partial charge < -0.3 is 25.3 Å². The molecular formula is C28H36N6O3S. The molecule has 3 N–H and O–H groups in total. The third-order valence-corrected chi connectivity index (χ3v) is 7.21. The molecule has 1 amide bonds. The summed E-state index contributed by atoms with van der Waals surface area (Å²) in [6.07, 6.45) is 6.87. The van der Waals surface area contributed by atoms with Crippen LogP contribution in [0.5, 0.6) is 0 Å². The van der Waals surface area contributed by atoms with Gasteiger partial charge in [-0.05, 0) is 43.2 Å². The first kappa shape index (κ1) is 27.5. The molecule has 1 aromatic carbocycles. The maximum Gasteiger partial charge on any atom is 0.253 e. The van der Waals surface area contributed by atoms with Crippen molar-refractivity contribution in [3.8, 4) is 0 Å². The van der Waals surface area contributed by atoms with Gasteiger partial charge in [0, 0.05) is 53.4 Å². The van der Waals surface area contributed by atoms with Gasteiger partial charge in [0.25, 0.3) is 5.91 Å². The first-order valence-corrected chi connectivity index (χ1v) is 13.7. The van der Waals surface area contributed by atoms with Crippen molar-refractivity contribution in [1.29, 1.82) is 0 Å². The van der Waals surface area contributed by atoms with Crippen LogP contribution < -0.4 is 16.0 Å². The first-order chi connectivity index (χ1) is 18.2. The van der Waals surface area contributed by atoms with E-state index in [0.29, 0.717) is 31.1 Å². The van der Waals surface area contributed by atoms with Gasteiger partial charge >= 0.3 is 0 Å². The van der Waals surface area contributed by atoms with Crippen LogP contribution in [0, 0.1) is 0 Å². The topological polar surface area (TPSA) is 112 Å². The standard InChI is InChI=1S/C28H36N6O3S/c1-5-22(35)13-30-20-10-8-19(9-11-20)26(36)34-12-6-7-21(18-34)33-27-32-15-23(38-27)14-29-17-25-31-16-24(37-25)28(2,3)4/h5,8-11,15-16,21,29-30H,1,6-7,12-14,17-18H2,2-4H3,(H,32,33)/t21-/m1/s1. The van der Waals surface area contributed by atoms with E-state index >= 15 is 0 Å². The van der Waals surface area contributed by atoms with Crippen molar-refractivity contribution in [1.82, 2.24) is 20.2 Å². The maximum atomic E-state index is 13.1. The van der Waals surface area contributed by atoms with Crippen LogP contribution in [0.1, 0.15) is 60.5 Å². The number of amides is 1. The summed E-state index contributed by atoms with van der Waals surface area (Å²) >= 11 is 1.61. The lowest BCUT2D eigenvalue weighted by atomic mass is 9.94. The summed E-state index contributed by atoms with van der Waals surface area (Å²) in [6.45, 7) is 12.5. The second-order valence-electron chi connectivity index (χ2n) is 10.4. The van der Waals surface area contributed by atoms with Crippen LogP contribution in [-0.4, -0.2) is 52.2 Å². The smallest absolute Gasteiger partial charge is 0.253 e. The Morgan fingerprint density at radius 2 is 1.97 bits per heavy atom. The van der Waals surface area contributed by atoms with Gasteiger partial charge in [-0.25, -0.2) is 9.97 Å². The van der Waals surface area contributed by atoms with E-state index in [4.69, 9.17) is 4.42 Å². The van der Waals surface area contributed by atoms with Gasteiger partial charge in [-0.2, -0.15) is 0 Å². The fourth-order valence-corrected chi connectivity index (χ4v) is 4.97. The molecule has 202 valence electrons. The highest BCUT2D eigenvalue weighted by atomic mass is 32.1. The Kier molecular flexibility index (Phi) is 8.96. The van der Waals surface area contributed by atoms with Crippen LogP contribution in [0.3, 0.4) is 0 Å². The van der Waals surface area contributed by atoms with Crippen LogP contribution in [-0.2, 0) is 23.3 Å². The van der Waals surface area contributed by atoms with Gasteiger partial charge in [0.15, 0.2) is 10.9 Å². The van der Waals surface area contributed by atoms with E-state index < -0.39 is 0 Å². The molecule has 9 nitrogen and oxygen atoms in total. The predicted octanol–water partition coefficient (Wildman–Crippen LogP) is 4.60. The number of nitrogens with one attached hydrogen (secondary N) is 3. The van der Waals surface area contributed by atoms with E-state index in [0.717, 1.165) is 40.8 Å². The van der Waals surface area contributed by atoms with Crippen molar-refractivity contribution >= 4 is 33.8 Å². The maximum absolute atomic E-state index is 13.1. The van der Waals surface area contributed by atoms with E-state index in [-0.39, 0.29) is 29.7 Å². The summed E-state index contributed by atoms with van der Waals surface area (Å²) in [6, 6.07) is 7.37. The van der Waals surface area contributed by atoms with Crippen LogP contribution in [0.25, 0.3) is 0 Å². The molecule has 3 heterocycles. The largest absolute Gasteiger partial charge is 0.444 e. The highest BCUT2D eigenvalue weighted by Gasteiger charge is 2.25. The van der Waals surface area contributed by atoms with E-state index in [2.05, 4.69) is 53.3 Å². The summed E-state index contributed by atoms with van der Waals surface area (Å²) < 4.78 is 5.83. The molecule has 1 aliphatic rings. The number of carbonyl (C=O) groups is 2. The molecule has 0 spiro atoms. The van der Waals surface area contributed by atoms with Crippen molar-refractivity contribution in [3.05, 3.63) is 71.4 Å². The second-order valence-corrected chi connectivity index (χ2v) is 11.6. The molecule has 0 aliphatic carbocycles. The first-order valence-electron chi connectivity index (χ1n) is 12.9. The zero-order valence-corrected chi connectivity index (χ0v) is 23.1. The molecule has 1 saturated heterocycles. The molecular weight excluding hydrogens is 500 g/mol. The van der Waals surface area contributed by atoms with Crippen LogP contribution in [0.2, 0.25) is 0 Å². The van der Waals surface area contributed by atoms with Gasteiger partial charge in [-0.3, -0.25) is 9.59 Å². The molecule has 0 unspecified atom stereocenters. The zero-order chi connectivity index (χ0) is 27.1. The number of anilines is 2. The number of hydrogen-bond donors (Lipinski definition) is 3. The SMILES string of the molecule is C=CC(=O)CNc1ccc(C(=O)N2CCC[C@@H](Nc3ncc(CNCc4ncc(C(C)(C)C)o4)s3)C2)cc1. The lowest BCUT2D eigenvalue weighted by Crippen LogP contribution is -2.45. The number of hydrogen-bond acceptors (Lipinski definition) is 9. The van der Waals surface area contributed by atoms with Crippen LogP contribution >= 0.6 is 11.3 Å². The Bertz CT molecular complexity index is 1240. The molecule has 10 heteroatoms. The fraction of sp³-hybridized carbons (Fsp3) is 0.429. The third kappa shape index (κ3) is 7.52. The van der Waals surface area contributed by atoms with Crippen LogP contribution in [0.15, 0.2) is 53.7 Å². The van der Waals surface area contributed by atoms with Gasteiger partial charge in [-0.15, -0.1) is 11.3 Å². The van der Waals surface area contributed by atoms with Crippen LogP contribution in [0.4, 0.5) is 10.8 Å². The van der Waals surface area contributed by atoms with E-state index in [1.807, 2.05) is 23.2 Å². The Hall–Kier alpha value is -3.50. The number of likely N-dealkylation sites (tertiary alicyclic amines) is 1. The van der Waals surface area contributed by atoms with Gasteiger partial charge in [0.1, 0.15) is 5.76 Å². The lowest BCUT2D eigenvalue weighted by Gasteiger charge is -2.33. The molecule has 1 atom stereocenters. The fourth-order valence-electron chi connectivity index (χ4n) is 4.12. The number of carbonyl (C=O) groups excluding carboxylic acids is 2. The lowest BCUT2D eigenvalue weighted by molar-refractivity contribution is -0.113. The molecule has 0 bridgehead atoms. The number of benzene rings is 1. The van der Waals surface area contributed by atoms with Crippen molar-refractivity contribution in [2.24, 2.45) is 0 Å². The summed E-state index contributed by atoms with van der Waals surface area (Å²) in [5, 5.41) is 10.8. The number of nitrogens with zero attached hydrogens (tertiary/aromatic N) is 3. The van der Waals surface area contributed by atoms with E-state index in [1.165, 1.54) is 6.08 Å². The third-order valence-electron chi connectivity index (χ3n) is 6.28. The Morgan fingerprint density at radius 1 is 1.18 bits per heavy atom. The molecule has 0 saturated carbocycles. The average Bonchev–Trinajstić information content (AvgIpc) is 3.57. The highest BCUT2D eigenvalue weighted by molar-refractivity contribution is 7.15. The summed E-state index contributed by atoms with van der Waals surface area (Å²) in [5.41, 5.74) is 1.37. The van der Waals surface area contributed by atoms with Crippen molar-refractivity contribution in [2.75, 3.05) is 30.3 Å². The van der Waals surface area contributed by atoms with Crippen molar-refractivity contribution < 1.29 is 14.0 Å². The molecule has 0 radical (unpaired) electrons. The van der Waals surface area contributed by atoms with Crippen molar-refractivity contribution in [2.45, 2.75) is 58.2 Å². The zero-order valence-electron chi connectivity index (χ0n) is 22.3. The monoisotopic (exact) mass is 536 g/mol. The van der Waals surface area contributed by atoms with Crippen molar-refractivity contribution in [3.63, 3.8) is 0 Å². The molecule has 38 heavy (non-hydrogen) atoms. The number of thiazole rings is 1. The minimum atomic E-state index is -0.0819. The minimum absolute atomic E-state index is 0.00963.